The topological polar surface area (TPSA) is 126 Å². The van der Waals surface area contributed by atoms with Gasteiger partial charge in [0.2, 0.25) is 0 Å². The molecule has 8 nitrogen and oxygen atoms in total. The Morgan fingerprint density at radius 1 is 1.08 bits per heavy atom. The number of nitrogens with zero attached hydrogens (tertiary/aromatic N) is 2. The molecule has 1 atom stereocenters. The van der Waals surface area contributed by atoms with Gasteiger partial charge in [-0.3, -0.25) is 4.55 Å². The molecule has 1 unspecified atom stereocenters. The Labute approximate surface area is 224 Å². The zero-order chi connectivity index (χ0) is 27.5. The van der Waals surface area contributed by atoms with Gasteiger partial charge < -0.3 is 14.4 Å². The Morgan fingerprint density at radius 2 is 1.69 bits per heavy atom. The maximum absolute atomic E-state index is 10.2. The predicted octanol–water partition coefficient (Wildman–Crippen LogP) is 5.13. The number of ether oxygens (including phenoxy) is 2. The summed E-state index contributed by atoms with van der Waals surface area (Å²) in [6, 6.07) is 14.2. The van der Waals surface area contributed by atoms with Crippen molar-refractivity contribution in [3.05, 3.63) is 57.6 Å². The van der Waals surface area contributed by atoms with E-state index >= 15 is 0 Å². The molecule has 0 aromatic heterocycles. The summed E-state index contributed by atoms with van der Waals surface area (Å²) in [5, 5.41) is 15.2. The number of rotatable bonds is 11. The third-order valence-corrected chi connectivity index (χ3v) is 6.70. The summed E-state index contributed by atoms with van der Waals surface area (Å²) in [5.74, 6) is 1.49. The third kappa shape index (κ3) is 10.1. The van der Waals surface area contributed by atoms with E-state index in [1.165, 1.54) is 5.56 Å². The number of nitriles is 1. The van der Waals surface area contributed by atoms with Crippen LogP contribution in [0.3, 0.4) is 0 Å². The van der Waals surface area contributed by atoms with Crippen molar-refractivity contribution in [2.75, 3.05) is 34.4 Å². The average Bonchev–Trinajstić information content (AvgIpc) is 2.81. The van der Waals surface area contributed by atoms with E-state index in [0.29, 0.717) is 21.5 Å². The van der Waals surface area contributed by atoms with E-state index in [2.05, 4.69) is 37.0 Å². The highest BCUT2D eigenvalue weighted by atomic mass is 35.5. The van der Waals surface area contributed by atoms with Crippen molar-refractivity contribution in [2.45, 2.75) is 38.5 Å². The van der Waals surface area contributed by atoms with Crippen LogP contribution in [0.25, 0.3) is 0 Å². The van der Waals surface area contributed by atoms with Gasteiger partial charge in [-0.25, -0.2) is 5.14 Å². The number of benzene rings is 2. The van der Waals surface area contributed by atoms with Gasteiger partial charge in [0.25, 0.3) is 0 Å². The van der Waals surface area contributed by atoms with Gasteiger partial charge >= 0.3 is 10.3 Å². The molecule has 3 N–H and O–H groups in total. The number of halogens is 2. The lowest BCUT2D eigenvalue weighted by molar-refractivity contribution is 0.292. The molecule has 0 radical (unpaired) electrons. The number of methoxy groups -OCH3 is 2. The zero-order valence-corrected chi connectivity index (χ0v) is 23.6. The first-order chi connectivity index (χ1) is 16.8. The van der Waals surface area contributed by atoms with E-state index in [4.69, 9.17) is 45.6 Å². The minimum absolute atomic E-state index is 0.164. The van der Waals surface area contributed by atoms with E-state index in [1.54, 1.807) is 14.2 Å². The molecule has 0 saturated carbocycles. The highest BCUT2D eigenvalue weighted by Crippen LogP contribution is 2.40. The molecule has 2 aromatic carbocycles. The van der Waals surface area contributed by atoms with Crippen LogP contribution < -0.4 is 14.6 Å². The third-order valence-electron chi connectivity index (χ3n) is 5.96. The van der Waals surface area contributed by atoms with Crippen LogP contribution in [0.15, 0.2) is 36.4 Å². The van der Waals surface area contributed by atoms with Crippen molar-refractivity contribution in [2.24, 2.45) is 11.1 Å². The second-order valence-electron chi connectivity index (χ2n) is 8.73. The van der Waals surface area contributed by atoms with E-state index in [9.17, 15) is 5.26 Å². The van der Waals surface area contributed by atoms with Crippen molar-refractivity contribution < 1.29 is 22.4 Å². The molecule has 2 rings (SSSR count). The zero-order valence-electron chi connectivity index (χ0n) is 21.3. The SMILES string of the molecule is COc1ccc(C(C#N)(CCCN(C)CCc2ccc(Cl)c(Cl)c2)C(C)C)cc1OC.NS(=O)(=O)O. The molecule has 11 heteroatoms. The van der Waals surface area contributed by atoms with Crippen LogP contribution in [0.1, 0.15) is 37.8 Å². The Hall–Kier alpha value is -2.06. The van der Waals surface area contributed by atoms with Crippen LogP contribution >= 0.6 is 23.2 Å². The van der Waals surface area contributed by atoms with Crippen LogP contribution in [0.2, 0.25) is 10.0 Å². The molecule has 0 aliphatic heterocycles. The lowest BCUT2D eigenvalue weighted by Gasteiger charge is -2.32. The second-order valence-corrected chi connectivity index (χ2v) is 10.6. The molecule has 0 bridgehead atoms. The lowest BCUT2D eigenvalue weighted by Crippen LogP contribution is -2.32. The smallest absolute Gasteiger partial charge is 0.330 e. The molecule has 0 spiro atoms. The summed E-state index contributed by atoms with van der Waals surface area (Å²) in [7, 11) is 1.18. The quantitative estimate of drug-likeness (QED) is 0.365. The van der Waals surface area contributed by atoms with Gasteiger partial charge in [0.05, 0.1) is 35.7 Å². The Bertz CT molecular complexity index is 1130. The standard InChI is InChI=1S/C25H32Cl2N2O2.H3NO3S/c1-18(2)25(17-28,20-8-10-23(30-4)24(16-20)31-5)12-6-13-29(3)14-11-19-7-9-21(26)22(27)15-19;1-5(2,3)4/h7-10,15-16,18H,6,11-14H2,1-5H3;(H3,1,2,3,4). The van der Waals surface area contributed by atoms with Gasteiger partial charge in [0.15, 0.2) is 11.5 Å². The maximum atomic E-state index is 10.2. The molecule has 0 saturated heterocycles. The van der Waals surface area contributed by atoms with Crippen molar-refractivity contribution in [1.82, 2.24) is 4.90 Å². The van der Waals surface area contributed by atoms with Crippen molar-refractivity contribution in [3.63, 3.8) is 0 Å². The van der Waals surface area contributed by atoms with Crippen LogP contribution in [0.4, 0.5) is 0 Å². The van der Waals surface area contributed by atoms with E-state index < -0.39 is 15.7 Å². The molecule has 200 valence electrons. The Morgan fingerprint density at radius 3 is 2.19 bits per heavy atom. The first kappa shape index (κ1) is 32.0. The highest BCUT2D eigenvalue weighted by molar-refractivity contribution is 7.83. The van der Waals surface area contributed by atoms with Crippen molar-refractivity contribution >= 4 is 33.5 Å². The monoisotopic (exact) mass is 559 g/mol. The first-order valence-electron chi connectivity index (χ1n) is 11.3. The summed E-state index contributed by atoms with van der Waals surface area (Å²) in [6.07, 6.45) is 2.59. The Kier molecular flexibility index (Phi) is 13.0. The summed E-state index contributed by atoms with van der Waals surface area (Å²) in [5.41, 5.74) is 1.56. The van der Waals surface area contributed by atoms with Gasteiger partial charge in [-0.15, -0.1) is 0 Å². The van der Waals surface area contributed by atoms with E-state index in [1.807, 2.05) is 36.4 Å². The fraction of sp³-hybridized carbons (Fsp3) is 0.480. The first-order valence-corrected chi connectivity index (χ1v) is 13.5. The molecule has 0 heterocycles. The molecule has 36 heavy (non-hydrogen) atoms. The number of hydrogen-bond donors (Lipinski definition) is 2. The Balaban J connectivity index is 0.00000118. The molecule has 2 aromatic rings. The molecular weight excluding hydrogens is 525 g/mol. The molecule has 0 aliphatic carbocycles. The maximum Gasteiger partial charge on any atom is 0.330 e. The largest absolute Gasteiger partial charge is 0.493 e. The summed E-state index contributed by atoms with van der Waals surface area (Å²) in [4.78, 5) is 2.29. The second kappa shape index (κ2) is 14.6. The average molecular weight is 561 g/mol. The molecule has 0 aliphatic rings. The number of likely N-dealkylation sites (N-methyl/N-ethyl adjacent to an activating group) is 1. The van der Waals surface area contributed by atoms with E-state index in [0.717, 1.165) is 37.9 Å². The molecule has 0 amide bonds. The summed E-state index contributed by atoms with van der Waals surface area (Å²) < 4.78 is 36.0. The van der Waals surface area contributed by atoms with Crippen molar-refractivity contribution in [1.29, 1.82) is 5.26 Å². The number of hydrogen-bond acceptors (Lipinski definition) is 6. The van der Waals surface area contributed by atoms with Crippen LogP contribution in [-0.2, 0) is 22.1 Å². The lowest BCUT2D eigenvalue weighted by atomic mass is 9.69. The highest BCUT2D eigenvalue weighted by Gasteiger charge is 2.36. The predicted molar refractivity (Wildman–Crippen MR) is 144 cm³/mol. The molecular formula is C25H35Cl2N3O5S. The van der Waals surface area contributed by atoms with Crippen molar-refractivity contribution in [3.8, 4) is 17.6 Å². The van der Waals surface area contributed by atoms with Crippen LogP contribution in [-0.4, -0.2) is 52.2 Å². The summed E-state index contributed by atoms with van der Waals surface area (Å²) >= 11 is 12.1. The normalized spacial score (nSPS) is 12.9. The van der Waals surface area contributed by atoms with Gasteiger partial charge in [-0.2, -0.15) is 13.7 Å². The fourth-order valence-electron chi connectivity index (χ4n) is 3.88. The van der Waals surface area contributed by atoms with Gasteiger partial charge in [0, 0.05) is 6.54 Å². The minimum Gasteiger partial charge on any atom is -0.493 e. The van der Waals surface area contributed by atoms with Crippen LogP contribution in [0, 0.1) is 17.2 Å². The van der Waals surface area contributed by atoms with Crippen LogP contribution in [0.5, 0.6) is 11.5 Å². The van der Waals surface area contributed by atoms with Gasteiger partial charge in [0.1, 0.15) is 0 Å². The summed E-state index contributed by atoms with van der Waals surface area (Å²) in [6.45, 7) is 6.03. The molecule has 0 fully saturated rings. The van der Waals surface area contributed by atoms with Gasteiger partial charge in [-0.05, 0) is 74.2 Å². The fourth-order valence-corrected chi connectivity index (χ4v) is 4.21. The minimum atomic E-state index is -4.17. The van der Waals surface area contributed by atoms with Gasteiger partial charge in [-0.1, -0.05) is 49.2 Å². The van der Waals surface area contributed by atoms with E-state index in [-0.39, 0.29) is 5.92 Å². The number of nitrogens with two attached hydrogens (primary N) is 1.